The third kappa shape index (κ3) is 4.28. The SMILES string of the molecule is COc1cc2occ(-c3ccc4ccccc4c3)c2cc1/C(C)=C/C(=O)Nc1cccc(Cl)c1. The van der Waals surface area contributed by atoms with E-state index in [0.29, 0.717) is 16.5 Å². The first-order valence-electron chi connectivity index (χ1n) is 10.9. The second-order valence-electron chi connectivity index (χ2n) is 8.09. The molecule has 0 spiro atoms. The van der Waals surface area contributed by atoms with Gasteiger partial charge in [-0.25, -0.2) is 0 Å². The van der Waals surface area contributed by atoms with Gasteiger partial charge in [-0.15, -0.1) is 0 Å². The predicted molar refractivity (Wildman–Crippen MR) is 139 cm³/mol. The van der Waals surface area contributed by atoms with Gasteiger partial charge in [0, 0.05) is 39.4 Å². The minimum atomic E-state index is -0.246. The van der Waals surface area contributed by atoms with E-state index in [9.17, 15) is 4.79 Å². The Bertz CT molecular complexity index is 1560. The zero-order valence-corrected chi connectivity index (χ0v) is 19.5. The Labute approximate surface area is 202 Å². The van der Waals surface area contributed by atoms with Crippen molar-refractivity contribution in [3.05, 3.63) is 102 Å². The van der Waals surface area contributed by atoms with Crippen molar-refractivity contribution in [3.63, 3.8) is 0 Å². The van der Waals surface area contributed by atoms with Crippen LogP contribution in [0.1, 0.15) is 12.5 Å². The quantitative estimate of drug-likeness (QED) is 0.267. The molecular weight excluding hydrogens is 446 g/mol. The van der Waals surface area contributed by atoms with Gasteiger partial charge in [-0.05, 0) is 59.2 Å². The average molecular weight is 468 g/mol. The number of rotatable bonds is 5. The maximum absolute atomic E-state index is 12.6. The molecule has 5 rings (SSSR count). The summed E-state index contributed by atoms with van der Waals surface area (Å²) in [6.45, 7) is 1.89. The topological polar surface area (TPSA) is 51.5 Å². The van der Waals surface area contributed by atoms with E-state index in [1.807, 2.05) is 31.2 Å². The van der Waals surface area contributed by atoms with Gasteiger partial charge >= 0.3 is 0 Å². The molecule has 1 aromatic heterocycles. The number of carbonyl (C=O) groups is 1. The number of halogens is 1. The van der Waals surface area contributed by atoms with Crippen molar-refractivity contribution in [3.8, 4) is 16.9 Å². The van der Waals surface area contributed by atoms with Crippen LogP contribution in [0.2, 0.25) is 5.02 Å². The number of nitrogens with one attached hydrogen (secondary N) is 1. The van der Waals surface area contributed by atoms with Gasteiger partial charge in [0.2, 0.25) is 5.91 Å². The molecule has 0 radical (unpaired) electrons. The zero-order chi connectivity index (χ0) is 23.7. The molecule has 5 aromatic rings. The van der Waals surface area contributed by atoms with Crippen molar-refractivity contribution in [1.29, 1.82) is 0 Å². The Morgan fingerprint density at radius 3 is 2.59 bits per heavy atom. The fourth-order valence-electron chi connectivity index (χ4n) is 4.13. The van der Waals surface area contributed by atoms with Crippen LogP contribution >= 0.6 is 11.6 Å². The first-order chi connectivity index (χ1) is 16.5. The summed E-state index contributed by atoms with van der Waals surface area (Å²) in [5, 5.41) is 6.71. The Morgan fingerprint density at radius 2 is 1.79 bits per heavy atom. The molecular formula is C29H22ClNO3. The maximum Gasteiger partial charge on any atom is 0.248 e. The molecule has 0 saturated heterocycles. The second kappa shape index (κ2) is 9.08. The highest BCUT2D eigenvalue weighted by Crippen LogP contribution is 2.38. The van der Waals surface area contributed by atoms with E-state index < -0.39 is 0 Å². The van der Waals surface area contributed by atoms with Gasteiger partial charge in [0.05, 0.1) is 13.4 Å². The number of methoxy groups -OCH3 is 1. The summed E-state index contributed by atoms with van der Waals surface area (Å²) in [7, 11) is 1.61. The maximum atomic E-state index is 12.6. The number of allylic oxidation sites excluding steroid dienone is 1. The van der Waals surface area contributed by atoms with Crippen molar-refractivity contribution in [2.75, 3.05) is 12.4 Å². The van der Waals surface area contributed by atoms with Crippen LogP contribution in [0.3, 0.4) is 0 Å². The molecule has 0 aliphatic carbocycles. The van der Waals surface area contributed by atoms with Gasteiger partial charge in [-0.2, -0.15) is 0 Å². The molecule has 168 valence electrons. The van der Waals surface area contributed by atoms with Crippen molar-refractivity contribution < 1.29 is 13.9 Å². The number of hydrogen-bond donors (Lipinski definition) is 1. The number of anilines is 1. The van der Waals surface area contributed by atoms with Gasteiger partial charge in [-0.3, -0.25) is 4.79 Å². The largest absolute Gasteiger partial charge is 0.496 e. The molecule has 0 atom stereocenters. The molecule has 0 aliphatic rings. The van der Waals surface area contributed by atoms with Crippen LogP contribution in [-0.4, -0.2) is 13.0 Å². The van der Waals surface area contributed by atoms with E-state index in [-0.39, 0.29) is 5.91 Å². The van der Waals surface area contributed by atoms with Crippen LogP contribution in [0.5, 0.6) is 5.75 Å². The molecule has 0 unspecified atom stereocenters. The van der Waals surface area contributed by atoms with Gasteiger partial charge in [-0.1, -0.05) is 54.1 Å². The van der Waals surface area contributed by atoms with Crippen molar-refractivity contribution in [2.24, 2.45) is 0 Å². The number of amides is 1. The van der Waals surface area contributed by atoms with E-state index in [2.05, 4.69) is 35.6 Å². The molecule has 34 heavy (non-hydrogen) atoms. The van der Waals surface area contributed by atoms with Gasteiger partial charge in [0.25, 0.3) is 0 Å². The minimum absolute atomic E-state index is 0.246. The standard InChI is InChI=1S/C29H22ClNO3/c1-18(12-29(32)31-23-9-5-8-22(30)14-23)24-15-25-26(17-34-28(25)16-27(24)33-2)21-11-10-19-6-3-4-7-20(19)13-21/h3-17H,1-2H3,(H,31,32)/b18-12+. The fraction of sp³-hybridized carbons (Fsp3) is 0.0690. The first-order valence-corrected chi connectivity index (χ1v) is 11.2. The third-order valence-electron chi connectivity index (χ3n) is 5.82. The number of hydrogen-bond acceptors (Lipinski definition) is 3. The second-order valence-corrected chi connectivity index (χ2v) is 8.52. The highest BCUT2D eigenvalue weighted by atomic mass is 35.5. The van der Waals surface area contributed by atoms with E-state index in [4.69, 9.17) is 20.8 Å². The van der Waals surface area contributed by atoms with Crippen LogP contribution in [0, 0.1) is 0 Å². The van der Waals surface area contributed by atoms with Crippen molar-refractivity contribution >= 4 is 50.5 Å². The lowest BCUT2D eigenvalue weighted by Crippen LogP contribution is -2.08. The summed E-state index contributed by atoms with van der Waals surface area (Å²) >= 11 is 6.02. The van der Waals surface area contributed by atoms with Crippen molar-refractivity contribution in [2.45, 2.75) is 6.92 Å². The fourth-order valence-corrected chi connectivity index (χ4v) is 4.32. The van der Waals surface area contributed by atoms with Gasteiger partial charge in [0.15, 0.2) is 0 Å². The molecule has 0 bridgehead atoms. The number of carbonyl (C=O) groups excluding carboxylic acids is 1. The van der Waals surface area contributed by atoms with E-state index >= 15 is 0 Å². The monoisotopic (exact) mass is 467 g/mol. The average Bonchev–Trinajstić information content (AvgIpc) is 3.25. The van der Waals surface area contributed by atoms with Gasteiger partial charge < -0.3 is 14.5 Å². The predicted octanol–water partition coefficient (Wildman–Crippen LogP) is 7.96. The van der Waals surface area contributed by atoms with Crippen LogP contribution in [0.4, 0.5) is 5.69 Å². The Balaban J connectivity index is 1.53. The molecule has 1 heterocycles. The third-order valence-corrected chi connectivity index (χ3v) is 6.06. The van der Waals surface area contributed by atoms with E-state index in [1.54, 1.807) is 43.7 Å². The Kier molecular flexibility index (Phi) is 5.83. The Morgan fingerprint density at radius 1 is 0.971 bits per heavy atom. The highest BCUT2D eigenvalue weighted by molar-refractivity contribution is 6.31. The molecule has 5 heteroatoms. The highest BCUT2D eigenvalue weighted by Gasteiger charge is 2.15. The lowest BCUT2D eigenvalue weighted by atomic mass is 9.97. The molecule has 0 saturated carbocycles. The Hall–Kier alpha value is -4.02. The molecule has 0 aliphatic heterocycles. The van der Waals surface area contributed by atoms with Crippen LogP contribution in [0.15, 0.2) is 95.6 Å². The van der Waals surface area contributed by atoms with Gasteiger partial charge in [0.1, 0.15) is 11.3 Å². The smallest absolute Gasteiger partial charge is 0.248 e. The molecule has 0 fully saturated rings. The number of benzene rings is 4. The first kappa shape index (κ1) is 21.8. The summed E-state index contributed by atoms with van der Waals surface area (Å²) in [6, 6.07) is 25.5. The van der Waals surface area contributed by atoms with Crippen molar-refractivity contribution in [1.82, 2.24) is 0 Å². The molecule has 4 aromatic carbocycles. The molecule has 1 N–H and O–H groups in total. The van der Waals surface area contributed by atoms with E-state index in [1.165, 1.54) is 5.39 Å². The number of furan rings is 1. The normalized spacial score (nSPS) is 11.7. The number of ether oxygens (including phenoxy) is 1. The van der Waals surface area contributed by atoms with E-state index in [0.717, 1.165) is 38.6 Å². The molecule has 4 nitrogen and oxygen atoms in total. The summed E-state index contributed by atoms with van der Waals surface area (Å²) in [5.74, 6) is 0.389. The summed E-state index contributed by atoms with van der Waals surface area (Å²) in [6.07, 6.45) is 3.32. The summed E-state index contributed by atoms with van der Waals surface area (Å²) in [4.78, 5) is 12.6. The lowest BCUT2D eigenvalue weighted by molar-refractivity contribution is -0.111. The van der Waals surface area contributed by atoms with Crippen LogP contribution in [0.25, 0.3) is 38.4 Å². The van der Waals surface area contributed by atoms with Crippen LogP contribution in [-0.2, 0) is 4.79 Å². The number of fused-ring (bicyclic) bond motifs is 2. The zero-order valence-electron chi connectivity index (χ0n) is 18.8. The molecule has 1 amide bonds. The summed E-state index contributed by atoms with van der Waals surface area (Å²) in [5.41, 5.74) is 5.00. The summed E-state index contributed by atoms with van der Waals surface area (Å²) < 4.78 is 11.5. The van der Waals surface area contributed by atoms with Crippen LogP contribution < -0.4 is 10.1 Å². The minimum Gasteiger partial charge on any atom is -0.496 e. The lowest BCUT2D eigenvalue weighted by Gasteiger charge is -2.10.